The quantitative estimate of drug-likeness (QED) is 0.329. The summed E-state index contributed by atoms with van der Waals surface area (Å²) in [5.74, 6) is 2.25. The molecule has 0 amide bonds. The highest BCUT2D eigenvalue weighted by Gasteiger charge is 2.01. The van der Waals surface area contributed by atoms with E-state index in [2.05, 4.69) is 27.2 Å². The van der Waals surface area contributed by atoms with Crippen molar-refractivity contribution < 1.29 is 0 Å². The van der Waals surface area contributed by atoms with Crippen molar-refractivity contribution in [3.05, 3.63) is 42.1 Å². The number of imidazole rings is 1. The van der Waals surface area contributed by atoms with Gasteiger partial charge in [-0.05, 0) is 25.0 Å². The number of pyridine rings is 1. The fourth-order valence-electron chi connectivity index (χ4n) is 1.90. The number of rotatable bonds is 6. The number of aliphatic imine (C=N–C) groups is 1. The van der Waals surface area contributed by atoms with Gasteiger partial charge in [0, 0.05) is 25.1 Å². The maximum absolute atomic E-state index is 5.80. The highest BCUT2D eigenvalue weighted by molar-refractivity contribution is 14.0. The van der Waals surface area contributed by atoms with E-state index in [1.54, 1.807) is 6.20 Å². The molecule has 0 fully saturated rings. The van der Waals surface area contributed by atoms with Gasteiger partial charge in [-0.1, -0.05) is 19.4 Å². The molecule has 2 aromatic rings. The van der Waals surface area contributed by atoms with Gasteiger partial charge >= 0.3 is 0 Å². The largest absolute Gasteiger partial charge is 0.370 e. The Bertz CT molecular complexity index is 590. The lowest BCUT2D eigenvalue weighted by atomic mass is 10.3. The molecule has 0 unspecified atom stereocenters. The second-order valence-electron chi connectivity index (χ2n) is 4.85. The first-order valence-corrected chi connectivity index (χ1v) is 7.19. The Labute approximate surface area is 148 Å². The number of aromatic nitrogens is 3. The molecular formula is C15H23IN6. The van der Waals surface area contributed by atoms with E-state index in [4.69, 9.17) is 5.73 Å². The first-order chi connectivity index (χ1) is 10.2. The lowest BCUT2D eigenvalue weighted by Crippen LogP contribution is -2.32. The van der Waals surface area contributed by atoms with Crippen molar-refractivity contribution in [1.82, 2.24) is 19.9 Å². The minimum Gasteiger partial charge on any atom is -0.370 e. The zero-order chi connectivity index (χ0) is 15.1. The number of nitrogens with one attached hydrogen (secondary N) is 1. The summed E-state index contributed by atoms with van der Waals surface area (Å²) in [6.45, 7) is 5.48. The van der Waals surface area contributed by atoms with Crippen molar-refractivity contribution in [1.29, 1.82) is 0 Å². The fraction of sp³-hybridized carbons (Fsp3) is 0.400. The smallest absolute Gasteiger partial charge is 0.188 e. The Morgan fingerprint density at radius 2 is 2.18 bits per heavy atom. The van der Waals surface area contributed by atoms with E-state index >= 15 is 0 Å². The molecule has 2 aromatic heterocycles. The second kappa shape index (κ2) is 9.39. The molecule has 3 N–H and O–H groups in total. The zero-order valence-electron chi connectivity index (χ0n) is 13.0. The number of nitrogens with zero attached hydrogens (tertiary/aromatic N) is 4. The van der Waals surface area contributed by atoms with Crippen LogP contribution in [0, 0.1) is 6.92 Å². The molecule has 0 radical (unpaired) electrons. The molecule has 0 aliphatic carbocycles. The third-order valence-electron chi connectivity index (χ3n) is 3.15. The zero-order valence-corrected chi connectivity index (χ0v) is 15.3. The summed E-state index contributed by atoms with van der Waals surface area (Å²) < 4.78 is 1.94. The van der Waals surface area contributed by atoms with Crippen LogP contribution in [-0.2, 0) is 6.54 Å². The highest BCUT2D eigenvalue weighted by Crippen LogP contribution is 2.08. The van der Waals surface area contributed by atoms with Crippen LogP contribution >= 0.6 is 24.0 Å². The molecule has 2 heterocycles. The molecule has 0 atom stereocenters. The number of hydrogen-bond donors (Lipinski definition) is 2. The third kappa shape index (κ3) is 5.28. The number of unbranched alkanes of at least 4 members (excludes halogenated alkanes) is 1. The lowest BCUT2D eigenvalue weighted by Gasteiger charge is -2.06. The minimum absolute atomic E-state index is 0. The Balaban J connectivity index is 0.00000242. The monoisotopic (exact) mass is 414 g/mol. The molecule has 120 valence electrons. The first kappa shape index (κ1) is 18.4. The van der Waals surface area contributed by atoms with Gasteiger partial charge in [0.1, 0.15) is 11.6 Å². The molecule has 0 spiro atoms. The van der Waals surface area contributed by atoms with Gasteiger partial charge in [0.2, 0.25) is 0 Å². The van der Waals surface area contributed by atoms with E-state index in [1.807, 2.05) is 36.0 Å². The van der Waals surface area contributed by atoms with Crippen LogP contribution < -0.4 is 11.1 Å². The number of guanidine groups is 1. The predicted octanol–water partition coefficient (Wildman–Crippen LogP) is 2.40. The molecule has 0 aliphatic rings. The Morgan fingerprint density at radius 1 is 1.36 bits per heavy atom. The van der Waals surface area contributed by atoms with Crippen LogP contribution in [0.4, 0.5) is 0 Å². The number of halogens is 1. The Hall–Kier alpha value is -1.64. The van der Waals surface area contributed by atoms with E-state index in [9.17, 15) is 0 Å². The average molecular weight is 414 g/mol. The summed E-state index contributed by atoms with van der Waals surface area (Å²) in [6, 6.07) is 3.96. The maximum atomic E-state index is 5.80. The van der Waals surface area contributed by atoms with Crippen molar-refractivity contribution >= 4 is 29.9 Å². The van der Waals surface area contributed by atoms with Gasteiger partial charge in [-0.2, -0.15) is 0 Å². The van der Waals surface area contributed by atoms with Crippen LogP contribution in [0.15, 0.2) is 35.7 Å². The van der Waals surface area contributed by atoms with Gasteiger partial charge in [0.05, 0.1) is 6.54 Å². The third-order valence-corrected chi connectivity index (χ3v) is 3.15. The first-order valence-electron chi connectivity index (χ1n) is 7.19. The van der Waals surface area contributed by atoms with Crippen LogP contribution in [-0.4, -0.2) is 27.0 Å². The van der Waals surface area contributed by atoms with E-state index < -0.39 is 0 Å². The number of nitrogens with two attached hydrogens (primary N) is 1. The summed E-state index contributed by atoms with van der Waals surface area (Å²) in [4.78, 5) is 12.9. The normalized spacial score (nSPS) is 11.1. The van der Waals surface area contributed by atoms with Crippen LogP contribution in [0.3, 0.4) is 0 Å². The van der Waals surface area contributed by atoms with Gasteiger partial charge in [-0.15, -0.1) is 24.0 Å². The fourth-order valence-corrected chi connectivity index (χ4v) is 1.90. The molecule has 0 aliphatic heterocycles. The van der Waals surface area contributed by atoms with Crippen molar-refractivity contribution in [2.24, 2.45) is 10.7 Å². The predicted molar refractivity (Wildman–Crippen MR) is 99.7 cm³/mol. The molecular weight excluding hydrogens is 391 g/mol. The van der Waals surface area contributed by atoms with Gasteiger partial charge in [0.25, 0.3) is 0 Å². The molecule has 7 heteroatoms. The summed E-state index contributed by atoms with van der Waals surface area (Å²) in [5, 5.41) is 3.09. The van der Waals surface area contributed by atoms with Crippen LogP contribution in [0.1, 0.15) is 31.2 Å². The lowest BCUT2D eigenvalue weighted by molar-refractivity contribution is 0.748. The van der Waals surface area contributed by atoms with E-state index in [-0.39, 0.29) is 24.0 Å². The SMILES string of the molecule is CCCCNC(N)=NCc1ccc(-n2ccnc2C)nc1.I. The van der Waals surface area contributed by atoms with Gasteiger partial charge < -0.3 is 11.1 Å². The average Bonchev–Trinajstić information content (AvgIpc) is 2.92. The van der Waals surface area contributed by atoms with Crippen molar-refractivity contribution in [2.75, 3.05) is 6.54 Å². The van der Waals surface area contributed by atoms with Crippen molar-refractivity contribution in [3.8, 4) is 5.82 Å². The summed E-state index contributed by atoms with van der Waals surface area (Å²) in [7, 11) is 0. The van der Waals surface area contributed by atoms with Crippen molar-refractivity contribution in [3.63, 3.8) is 0 Å². The van der Waals surface area contributed by atoms with E-state index in [1.165, 1.54) is 0 Å². The van der Waals surface area contributed by atoms with E-state index in [0.29, 0.717) is 12.5 Å². The molecule has 0 aromatic carbocycles. The number of hydrogen-bond acceptors (Lipinski definition) is 3. The van der Waals surface area contributed by atoms with Crippen LogP contribution in [0.5, 0.6) is 0 Å². The summed E-state index contributed by atoms with van der Waals surface area (Å²) >= 11 is 0. The summed E-state index contributed by atoms with van der Waals surface area (Å²) in [6.07, 6.45) is 7.71. The van der Waals surface area contributed by atoms with E-state index in [0.717, 1.165) is 36.6 Å². The van der Waals surface area contributed by atoms with Gasteiger partial charge in [-0.25, -0.2) is 15.0 Å². The molecule has 22 heavy (non-hydrogen) atoms. The van der Waals surface area contributed by atoms with Crippen LogP contribution in [0.2, 0.25) is 0 Å². The topological polar surface area (TPSA) is 81.1 Å². The maximum Gasteiger partial charge on any atom is 0.188 e. The Kier molecular flexibility index (Phi) is 7.86. The van der Waals surface area contributed by atoms with Gasteiger partial charge in [-0.3, -0.25) is 4.57 Å². The van der Waals surface area contributed by atoms with Gasteiger partial charge in [0.15, 0.2) is 5.96 Å². The minimum atomic E-state index is 0. The highest BCUT2D eigenvalue weighted by atomic mass is 127. The molecule has 0 saturated carbocycles. The molecule has 6 nitrogen and oxygen atoms in total. The molecule has 2 rings (SSSR count). The standard InChI is InChI=1S/C15H22N6.HI/c1-3-4-7-18-15(16)20-11-13-5-6-14(19-10-13)21-9-8-17-12(21)2;/h5-6,8-10H,3-4,7,11H2,1-2H3,(H3,16,18,20);1H. The second-order valence-corrected chi connectivity index (χ2v) is 4.85. The summed E-state index contributed by atoms with van der Waals surface area (Å²) in [5.41, 5.74) is 6.82. The number of aryl methyl sites for hydroxylation is 1. The van der Waals surface area contributed by atoms with Crippen LogP contribution in [0.25, 0.3) is 5.82 Å². The molecule has 0 saturated heterocycles. The Morgan fingerprint density at radius 3 is 2.77 bits per heavy atom. The van der Waals surface area contributed by atoms with Crippen molar-refractivity contribution in [2.45, 2.75) is 33.2 Å². The molecule has 0 bridgehead atoms.